The number of esters is 1. The number of thiophene rings is 1. The van der Waals surface area contributed by atoms with Gasteiger partial charge in [-0.2, -0.15) is 0 Å². The molecule has 1 atom stereocenters. The lowest BCUT2D eigenvalue weighted by molar-refractivity contribution is -0.136. The van der Waals surface area contributed by atoms with Crippen molar-refractivity contribution in [3.8, 4) is 5.75 Å². The number of carbonyl (C=O) groups is 2. The third-order valence-electron chi connectivity index (χ3n) is 5.20. The summed E-state index contributed by atoms with van der Waals surface area (Å²) in [5.74, 6) is 0.144. The molecule has 0 fully saturated rings. The van der Waals surface area contributed by atoms with Crippen LogP contribution in [0.2, 0.25) is 0 Å². The van der Waals surface area contributed by atoms with Crippen molar-refractivity contribution in [2.45, 2.75) is 19.8 Å². The minimum absolute atomic E-state index is 0.282. The first-order valence-electron chi connectivity index (χ1n) is 9.70. The number of aromatic nitrogens is 1. The first kappa shape index (κ1) is 21.4. The van der Waals surface area contributed by atoms with Crippen LogP contribution in [-0.4, -0.2) is 31.3 Å². The Kier molecular flexibility index (Phi) is 5.62. The zero-order valence-corrected chi connectivity index (χ0v) is 18.8. The normalized spacial score (nSPS) is 15.1. The lowest BCUT2D eigenvalue weighted by Crippen LogP contribution is -2.23. The molecule has 0 aliphatic carbocycles. The average Bonchev–Trinajstić information content (AvgIpc) is 3.34. The number of nitrogen functional groups attached to an aromatic ring is 1. The van der Waals surface area contributed by atoms with Gasteiger partial charge in [-0.15, -0.1) is 11.3 Å². The molecule has 3 aromatic rings. The van der Waals surface area contributed by atoms with E-state index in [9.17, 15) is 9.59 Å². The Balaban J connectivity index is 1.80. The number of nitrogens with zero attached hydrogens (tertiary/aromatic N) is 1. The third kappa shape index (κ3) is 3.69. The SMILES string of the molecule is COC(=O)C1=C(C)Nc2sc(C(=O)Nc3cc(C)on3)c(N)c2C1c1ccc(OC)cc1. The molecule has 4 N–H and O–H groups in total. The third-order valence-corrected chi connectivity index (χ3v) is 6.33. The van der Waals surface area contributed by atoms with Crippen molar-refractivity contribution < 1.29 is 23.6 Å². The second kappa shape index (κ2) is 8.39. The lowest BCUT2D eigenvalue weighted by atomic mass is 9.82. The summed E-state index contributed by atoms with van der Waals surface area (Å²) in [5, 5.41) is 10.4. The van der Waals surface area contributed by atoms with Crippen LogP contribution < -0.4 is 21.1 Å². The molecule has 1 unspecified atom stereocenters. The van der Waals surface area contributed by atoms with Crippen molar-refractivity contribution >= 4 is 39.7 Å². The van der Waals surface area contributed by atoms with Gasteiger partial charge in [0, 0.05) is 23.2 Å². The summed E-state index contributed by atoms with van der Waals surface area (Å²) in [7, 11) is 2.92. The van der Waals surface area contributed by atoms with E-state index in [1.165, 1.54) is 18.4 Å². The van der Waals surface area contributed by atoms with E-state index >= 15 is 0 Å². The fraction of sp³-hybridized carbons (Fsp3) is 0.227. The Labute approximate surface area is 188 Å². The minimum Gasteiger partial charge on any atom is -0.497 e. The number of nitrogens with one attached hydrogen (secondary N) is 2. The average molecular weight is 455 g/mol. The molecule has 0 radical (unpaired) electrons. The van der Waals surface area contributed by atoms with Crippen molar-refractivity contribution in [2.75, 3.05) is 30.6 Å². The molecule has 4 rings (SSSR count). The van der Waals surface area contributed by atoms with E-state index in [4.69, 9.17) is 19.7 Å². The summed E-state index contributed by atoms with van der Waals surface area (Å²) in [6, 6.07) is 8.96. The van der Waals surface area contributed by atoms with Gasteiger partial charge >= 0.3 is 5.97 Å². The Morgan fingerprint density at radius 3 is 2.53 bits per heavy atom. The van der Waals surface area contributed by atoms with E-state index in [1.807, 2.05) is 24.3 Å². The summed E-state index contributed by atoms with van der Waals surface area (Å²) >= 11 is 1.21. The van der Waals surface area contributed by atoms with Crippen molar-refractivity contribution in [3.05, 3.63) is 63.4 Å². The van der Waals surface area contributed by atoms with Crippen LogP contribution in [-0.2, 0) is 9.53 Å². The summed E-state index contributed by atoms with van der Waals surface area (Å²) in [6.07, 6.45) is 0. The molecule has 9 nitrogen and oxygen atoms in total. The van der Waals surface area contributed by atoms with Gasteiger partial charge in [-0.1, -0.05) is 17.3 Å². The molecule has 0 saturated heterocycles. The topological polar surface area (TPSA) is 129 Å². The first-order chi connectivity index (χ1) is 15.3. The molecule has 1 aliphatic rings. The Morgan fingerprint density at radius 1 is 1.22 bits per heavy atom. The number of allylic oxidation sites excluding steroid dienone is 1. The zero-order valence-electron chi connectivity index (χ0n) is 17.9. The van der Waals surface area contributed by atoms with Crippen LogP contribution in [0.25, 0.3) is 0 Å². The summed E-state index contributed by atoms with van der Waals surface area (Å²) in [6.45, 7) is 3.52. The lowest BCUT2D eigenvalue weighted by Gasteiger charge is -2.28. The van der Waals surface area contributed by atoms with Gasteiger partial charge in [0.05, 0.1) is 30.5 Å². The number of benzene rings is 1. The molecule has 0 bridgehead atoms. The van der Waals surface area contributed by atoms with Crippen molar-refractivity contribution in [1.29, 1.82) is 0 Å². The van der Waals surface area contributed by atoms with E-state index in [-0.39, 0.29) is 5.69 Å². The number of ether oxygens (including phenoxy) is 2. The number of rotatable bonds is 5. The molecule has 0 saturated carbocycles. The molecule has 2 aromatic heterocycles. The predicted molar refractivity (Wildman–Crippen MR) is 121 cm³/mol. The van der Waals surface area contributed by atoms with E-state index < -0.39 is 17.8 Å². The Morgan fingerprint density at radius 2 is 1.94 bits per heavy atom. The molecule has 10 heteroatoms. The van der Waals surface area contributed by atoms with Gasteiger partial charge in [-0.05, 0) is 31.5 Å². The first-order valence-corrected chi connectivity index (χ1v) is 10.5. The maximum atomic E-state index is 12.9. The number of aryl methyl sites for hydroxylation is 1. The van der Waals surface area contributed by atoms with Crippen molar-refractivity contribution in [3.63, 3.8) is 0 Å². The predicted octanol–water partition coefficient (Wildman–Crippen LogP) is 3.89. The highest BCUT2D eigenvalue weighted by molar-refractivity contribution is 7.19. The molecular formula is C22H22N4O5S. The Hall–Kier alpha value is -3.79. The smallest absolute Gasteiger partial charge is 0.336 e. The summed E-state index contributed by atoms with van der Waals surface area (Å²) in [5.41, 5.74) is 9.28. The number of nitrogens with two attached hydrogens (primary N) is 1. The monoisotopic (exact) mass is 454 g/mol. The number of fused-ring (bicyclic) bond motifs is 1. The summed E-state index contributed by atoms with van der Waals surface area (Å²) in [4.78, 5) is 25.9. The van der Waals surface area contributed by atoms with Crippen LogP contribution in [0.5, 0.6) is 5.75 Å². The van der Waals surface area contributed by atoms with E-state index in [2.05, 4.69) is 15.8 Å². The van der Waals surface area contributed by atoms with E-state index in [1.54, 1.807) is 27.0 Å². The Bertz CT molecular complexity index is 1230. The molecule has 3 heterocycles. The van der Waals surface area contributed by atoms with Crippen LogP contribution >= 0.6 is 11.3 Å². The second-order valence-corrected chi connectivity index (χ2v) is 8.25. The van der Waals surface area contributed by atoms with Gasteiger partial charge in [-0.3, -0.25) is 4.79 Å². The van der Waals surface area contributed by atoms with Gasteiger partial charge in [0.1, 0.15) is 16.4 Å². The number of amides is 1. The van der Waals surface area contributed by atoms with Crippen LogP contribution in [0.4, 0.5) is 16.5 Å². The van der Waals surface area contributed by atoms with Gasteiger partial charge < -0.3 is 30.4 Å². The molecule has 1 aromatic carbocycles. The highest BCUT2D eigenvalue weighted by Gasteiger charge is 2.37. The fourth-order valence-electron chi connectivity index (χ4n) is 3.71. The second-order valence-electron chi connectivity index (χ2n) is 7.23. The quantitative estimate of drug-likeness (QED) is 0.495. The summed E-state index contributed by atoms with van der Waals surface area (Å²) < 4.78 is 15.3. The fourth-order valence-corrected chi connectivity index (χ4v) is 4.82. The van der Waals surface area contributed by atoms with Crippen LogP contribution in [0.3, 0.4) is 0 Å². The number of hydrogen-bond acceptors (Lipinski definition) is 9. The van der Waals surface area contributed by atoms with Gasteiger partial charge in [0.25, 0.3) is 5.91 Å². The zero-order chi connectivity index (χ0) is 23.0. The van der Waals surface area contributed by atoms with Gasteiger partial charge in [0.15, 0.2) is 5.82 Å². The minimum atomic E-state index is -0.517. The van der Waals surface area contributed by atoms with Crippen LogP contribution in [0.15, 0.2) is 46.1 Å². The molecule has 166 valence electrons. The molecule has 1 aliphatic heterocycles. The standard InChI is InChI=1S/C22H22N4O5S/c1-10-9-14(26-31-10)25-20(27)19-18(23)17-16(12-5-7-13(29-3)8-6-12)15(22(28)30-4)11(2)24-21(17)32-19/h5-9,16,24H,23H2,1-4H3,(H,25,26,27). The van der Waals surface area contributed by atoms with E-state index in [0.29, 0.717) is 44.0 Å². The highest BCUT2D eigenvalue weighted by atomic mass is 32.1. The van der Waals surface area contributed by atoms with E-state index in [0.717, 1.165) is 5.56 Å². The number of carbonyl (C=O) groups excluding carboxylic acids is 2. The maximum Gasteiger partial charge on any atom is 0.336 e. The maximum absolute atomic E-state index is 12.9. The van der Waals surface area contributed by atoms with Crippen molar-refractivity contribution in [1.82, 2.24) is 5.16 Å². The number of methoxy groups -OCH3 is 2. The number of hydrogen-bond donors (Lipinski definition) is 3. The van der Waals surface area contributed by atoms with Crippen molar-refractivity contribution in [2.24, 2.45) is 0 Å². The van der Waals surface area contributed by atoms with Crippen LogP contribution in [0, 0.1) is 6.92 Å². The molecule has 32 heavy (non-hydrogen) atoms. The van der Waals surface area contributed by atoms with Gasteiger partial charge in [0.2, 0.25) is 0 Å². The van der Waals surface area contributed by atoms with Crippen LogP contribution in [0.1, 0.15) is 39.4 Å². The number of anilines is 3. The molecular weight excluding hydrogens is 432 g/mol. The van der Waals surface area contributed by atoms with Gasteiger partial charge in [-0.25, -0.2) is 4.79 Å². The largest absolute Gasteiger partial charge is 0.497 e. The highest BCUT2D eigenvalue weighted by Crippen LogP contribution is 2.50. The molecule has 1 amide bonds. The molecule has 0 spiro atoms.